The summed E-state index contributed by atoms with van der Waals surface area (Å²) in [7, 11) is 0. The molecule has 4 atom stereocenters. The third-order valence-corrected chi connectivity index (χ3v) is 7.16. The van der Waals surface area contributed by atoms with Crippen LogP contribution in [-0.2, 0) is 19.2 Å². The standard InChI is InChI=1S/C29H43N7O7/c1-16(2)23-28(41)35-24(17(3)4)27(40)32-18(5)15-43-21-9-7-6-8-19(21)25(38)33-20(14-22(37)34-23)26(39)30-10-12-36-13-11-31-29(36)42/h6-9,16-18,20,23-24H,10-15H2,1-5H3,(H,30,39)(H,31,42)(H,32,40)(H,33,38)(H,34,37)(H,35,41)/t18-,20-,23-,24+/m0/s1. The summed E-state index contributed by atoms with van der Waals surface area (Å²) in [5, 5.41) is 16.3. The van der Waals surface area contributed by atoms with E-state index >= 15 is 0 Å². The Hall–Kier alpha value is -4.36. The summed E-state index contributed by atoms with van der Waals surface area (Å²) >= 11 is 0. The van der Waals surface area contributed by atoms with Gasteiger partial charge >= 0.3 is 6.03 Å². The van der Waals surface area contributed by atoms with Crippen LogP contribution in [0.1, 0.15) is 51.4 Å². The second-order valence-corrected chi connectivity index (χ2v) is 11.5. The van der Waals surface area contributed by atoms with E-state index in [2.05, 4.69) is 31.9 Å². The third-order valence-electron chi connectivity index (χ3n) is 7.16. The average Bonchev–Trinajstić information content (AvgIpc) is 3.36. The van der Waals surface area contributed by atoms with E-state index in [9.17, 15) is 28.8 Å². The van der Waals surface area contributed by atoms with E-state index in [1.165, 1.54) is 11.0 Å². The molecule has 0 spiro atoms. The highest BCUT2D eigenvalue weighted by molar-refractivity contribution is 6.01. The molecule has 0 unspecified atom stereocenters. The first-order valence-electron chi connectivity index (χ1n) is 14.6. The molecular formula is C29H43N7O7. The number of carbonyl (C=O) groups is 6. The number of para-hydroxylation sites is 1. The molecule has 2 heterocycles. The molecular weight excluding hydrogens is 558 g/mol. The van der Waals surface area contributed by atoms with Gasteiger partial charge in [0.05, 0.1) is 18.0 Å². The molecule has 3 rings (SSSR count). The lowest BCUT2D eigenvalue weighted by molar-refractivity contribution is -0.134. The lowest BCUT2D eigenvalue weighted by Gasteiger charge is -2.28. The van der Waals surface area contributed by atoms with E-state index in [4.69, 9.17) is 4.74 Å². The smallest absolute Gasteiger partial charge is 0.317 e. The zero-order valence-electron chi connectivity index (χ0n) is 25.3. The van der Waals surface area contributed by atoms with Gasteiger partial charge in [-0.15, -0.1) is 0 Å². The molecule has 7 amide bonds. The molecule has 6 N–H and O–H groups in total. The normalized spacial score (nSPS) is 24.2. The Balaban J connectivity index is 1.88. The summed E-state index contributed by atoms with van der Waals surface area (Å²) < 4.78 is 5.87. The van der Waals surface area contributed by atoms with Crippen molar-refractivity contribution in [3.05, 3.63) is 29.8 Å². The van der Waals surface area contributed by atoms with Gasteiger partial charge in [0, 0.05) is 26.2 Å². The molecule has 2 aliphatic rings. The van der Waals surface area contributed by atoms with Crippen molar-refractivity contribution in [3.8, 4) is 5.75 Å². The zero-order valence-corrected chi connectivity index (χ0v) is 25.3. The minimum atomic E-state index is -1.30. The molecule has 0 aromatic heterocycles. The van der Waals surface area contributed by atoms with Crippen LogP contribution in [0.5, 0.6) is 5.75 Å². The van der Waals surface area contributed by atoms with Gasteiger partial charge in [0.25, 0.3) is 5.91 Å². The van der Waals surface area contributed by atoms with Gasteiger partial charge in [0.2, 0.25) is 23.6 Å². The summed E-state index contributed by atoms with van der Waals surface area (Å²) in [5.74, 6) is -3.28. The number of nitrogens with one attached hydrogen (secondary N) is 6. The number of urea groups is 1. The van der Waals surface area contributed by atoms with Crippen molar-refractivity contribution in [2.45, 2.75) is 65.2 Å². The van der Waals surface area contributed by atoms with Crippen molar-refractivity contribution in [2.24, 2.45) is 11.8 Å². The van der Waals surface area contributed by atoms with Crippen LogP contribution in [0.2, 0.25) is 0 Å². The predicted octanol–water partition coefficient (Wildman–Crippen LogP) is -0.505. The molecule has 14 heteroatoms. The summed E-state index contributed by atoms with van der Waals surface area (Å²) in [6, 6.07) is 2.53. The van der Waals surface area contributed by atoms with Gasteiger partial charge in [-0.2, -0.15) is 0 Å². The van der Waals surface area contributed by atoms with E-state index in [0.29, 0.717) is 13.1 Å². The minimum Gasteiger partial charge on any atom is -0.491 e. The molecule has 1 aromatic carbocycles. The van der Waals surface area contributed by atoms with E-state index in [1.807, 2.05) is 0 Å². The maximum atomic E-state index is 13.4. The second kappa shape index (κ2) is 15.2. The molecule has 0 aliphatic carbocycles. The van der Waals surface area contributed by atoms with Crippen LogP contribution in [0.15, 0.2) is 24.3 Å². The number of amides is 7. The number of ether oxygens (including phenoxy) is 1. The molecule has 1 fully saturated rings. The summed E-state index contributed by atoms with van der Waals surface area (Å²) in [5.41, 5.74) is 0.134. The van der Waals surface area contributed by atoms with Crippen molar-refractivity contribution in [1.29, 1.82) is 0 Å². The fourth-order valence-electron chi connectivity index (χ4n) is 4.71. The van der Waals surface area contributed by atoms with Crippen LogP contribution >= 0.6 is 0 Å². The molecule has 1 aromatic rings. The summed E-state index contributed by atoms with van der Waals surface area (Å²) in [6.07, 6.45) is -0.466. The van der Waals surface area contributed by atoms with Crippen LogP contribution in [-0.4, -0.2) is 97.4 Å². The first-order chi connectivity index (χ1) is 20.4. The Labute approximate surface area is 251 Å². The molecule has 43 heavy (non-hydrogen) atoms. The number of fused-ring (bicyclic) bond motifs is 1. The zero-order chi connectivity index (χ0) is 31.7. The van der Waals surface area contributed by atoms with Crippen molar-refractivity contribution < 1.29 is 33.5 Å². The lowest BCUT2D eigenvalue weighted by Crippen LogP contribution is -2.58. The van der Waals surface area contributed by atoms with Crippen LogP contribution in [0.3, 0.4) is 0 Å². The van der Waals surface area contributed by atoms with Crippen molar-refractivity contribution in [1.82, 2.24) is 36.8 Å². The van der Waals surface area contributed by atoms with E-state index in [1.54, 1.807) is 52.8 Å². The third kappa shape index (κ3) is 9.32. The monoisotopic (exact) mass is 601 g/mol. The van der Waals surface area contributed by atoms with Crippen molar-refractivity contribution in [2.75, 3.05) is 32.8 Å². The largest absolute Gasteiger partial charge is 0.491 e. The quantitative estimate of drug-likeness (QED) is 0.253. The highest BCUT2D eigenvalue weighted by Crippen LogP contribution is 2.19. The number of hydrogen-bond acceptors (Lipinski definition) is 7. The summed E-state index contributed by atoms with van der Waals surface area (Å²) in [6.45, 7) is 10.2. The summed E-state index contributed by atoms with van der Waals surface area (Å²) in [4.78, 5) is 79.6. The van der Waals surface area contributed by atoms with Gasteiger partial charge in [-0.1, -0.05) is 39.8 Å². The van der Waals surface area contributed by atoms with Gasteiger partial charge in [-0.05, 0) is 30.9 Å². The van der Waals surface area contributed by atoms with Crippen LogP contribution in [0, 0.1) is 11.8 Å². The van der Waals surface area contributed by atoms with Gasteiger partial charge in [-0.3, -0.25) is 24.0 Å². The first-order valence-corrected chi connectivity index (χ1v) is 14.6. The molecule has 0 bridgehead atoms. The first kappa shape index (κ1) is 33.1. The SMILES string of the molecule is CC(C)[C@@H]1NC(=O)C[C@@H](C(=O)NCCN2CCNC2=O)NC(=O)c2ccccc2OC[C@H](C)NC(=O)[C@@H](C(C)C)NC1=O. The maximum Gasteiger partial charge on any atom is 0.317 e. The molecule has 1 saturated heterocycles. The number of carbonyl (C=O) groups excluding carboxylic acids is 6. The van der Waals surface area contributed by atoms with Crippen LogP contribution in [0.25, 0.3) is 0 Å². The number of nitrogens with zero attached hydrogens (tertiary/aromatic N) is 1. The molecule has 0 radical (unpaired) electrons. The predicted molar refractivity (Wildman–Crippen MR) is 157 cm³/mol. The van der Waals surface area contributed by atoms with Gasteiger partial charge in [0.1, 0.15) is 30.5 Å². The Morgan fingerprint density at radius 2 is 1.60 bits per heavy atom. The Morgan fingerprint density at radius 1 is 0.953 bits per heavy atom. The number of rotatable bonds is 6. The fourth-order valence-corrected chi connectivity index (χ4v) is 4.71. The lowest BCUT2D eigenvalue weighted by atomic mass is 9.99. The Morgan fingerprint density at radius 3 is 2.26 bits per heavy atom. The molecule has 0 saturated carbocycles. The Kier molecular flexibility index (Phi) is 11.7. The highest BCUT2D eigenvalue weighted by Gasteiger charge is 2.33. The van der Waals surface area contributed by atoms with Gasteiger partial charge in [-0.25, -0.2) is 4.79 Å². The molecule has 236 valence electrons. The van der Waals surface area contributed by atoms with E-state index in [-0.39, 0.29) is 48.9 Å². The van der Waals surface area contributed by atoms with Crippen LogP contribution in [0.4, 0.5) is 4.79 Å². The molecule has 2 aliphatic heterocycles. The van der Waals surface area contributed by atoms with E-state index < -0.39 is 60.1 Å². The van der Waals surface area contributed by atoms with Gasteiger partial charge < -0.3 is 41.5 Å². The number of hydrogen-bond donors (Lipinski definition) is 6. The Bertz CT molecular complexity index is 1210. The average molecular weight is 602 g/mol. The van der Waals surface area contributed by atoms with Crippen molar-refractivity contribution in [3.63, 3.8) is 0 Å². The highest BCUT2D eigenvalue weighted by atomic mass is 16.5. The fraction of sp³-hybridized carbons (Fsp3) is 0.586. The van der Waals surface area contributed by atoms with Crippen molar-refractivity contribution >= 4 is 35.6 Å². The second-order valence-electron chi connectivity index (χ2n) is 11.5. The number of benzene rings is 1. The van der Waals surface area contributed by atoms with E-state index in [0.717, 1.165) is 0 Å². The maximum absolute atomic E-state index is 13.4. The van der Waals surface area contributed by atoms with Crippen LogP contribution < -0.4 is 36.6 Å². The molecule has 14 nitrogen and oxygen atoms in total. The van der Waals surface area contributed by atoms with Gasteiger partial charge in [0.15, 0.2) is 0 Å². The minimum absolute atomic E-state index is 0.0252. The topological polar surface area (TPSA) is 187 Å².